The molecule has 0 spiro atoms. The van der Waals surface area contributed by atoms with Crippen LogP contribution in [0.1, 0.15) is 5.56 Å². The van der Waals surface area contributed by atoms with E-state index in [0.717, 1.165) is 2.88 Å². The van der Waals surface area contributed by atoms with Gasteiger partial charge in [-0.25, -0.2) is 4.79 Å². The molecule has 1 heterocycles. The maximum absolute atomic E-state index is 10.2. The molecular formula is C6H3IN2O2S. The quantitative estimate of drug-likeness (QED) is 0.781. The van der Waals surface area contributed by atoms with Crippen LogP contribution in [0.3, 0.4) is 0 Å². The third-order valence-corrected chi connectivity index (χ3v) is 2.85. The van der Waals surface area contributed by atoms with Gasteiger partial charge in [0.1, 0.15) is 11.1 Å². The van der Waals surface area contributed by atoms with E-state index in [4.69, 9.17) is 10.4 Å². The van der Waals surface area contributed by atoms with Crippen LogP contribution in [-0.2, 0) is 0 Å². The molecule has 0 aliphatic carbocycles. The van der Waals surface area contributed by atoms with Crippen LogP contribution in [0.5, 0.6) is 0 Å². The first-order valence-corrected chi connectivity index (χ1v) is 4.72. The van der Waals surface area contributed by atoms with Crippen molar-refractivity contribution in [3.8, 4) is 6.07 Å². The van der Waals surface area contributed by atoms with Gasteiger partial charge < -0.3 is 5.11 Å². The zero-order valence-corrected chi connectivity index (χ0v) is 8.64. The molecule has 1 aromatic heterocycles. The Bertz CT molecular complexity index is 355. The van der Waals surface area contributed by atoms with Gasteiger partial charge >= 0.3 is 6.09 Å². The molecule has 2 N–H and O–H groups in total. The number of hydrogen-bond donors (Lipinski definition) is 2. The smallest absolute Gasteiger partial charge is 0.409 e. The molecule has 0 saturated heterocycles. The van der Waals surface area contributed by atoms with E-state index in [0.29, 0.717) is 10.6 Å². The zero-order valence-electron chi connectivity index (χ0n) is 5.67. The van der Waals surface area contributed by atoms with Gasteiger partial charge in [-0.2, -0.15) is 5.26 Å². The van der Waals surface area contributed by atoms with Crippen molar-refractivity contribution in [2.24, 2.45) is 0 Å². The Morgan fingerprint density at radius 2 is 2.50 bits per heavy atom. The molecule has 0 saturated carbocycles. The lowest BCUT2D eigenvalue weighted by Crippen LogP contribution is -2.06. The topological polar surface area (TPSA) is 73.1 Å². The third kappa shape index (κ3) is 2.09. The summed E-state index contributed by atoms with van der Waals surface area (Å²) in [5.74, 6) is 0. The minimum absolute atomic E-state index is 0.367. The van der Waals surface area contributed by atoms with Gasteiger partial charge in [0.15, 0.2) is 0 Å². The van der Waals surface area contributed by atoms with Crippen LogP contribution >= 0.6 is 33.9 Å². The Morgan fingerprint density at radius 1 is 1.83 bits per heavy atom. The Hall–Kier alpha value is -0.810. The predicted molar refractivity (Wildman–Crippen MR) is 53.4 cm³/mol. The number of hydrogen-bond acceptors (Lipinski definition) is 3. The number of anilines is 1. The molecular weight excluding hydrogens is 291 g/mol. The molecule has 0 atom stereocenters. The lowest BCUT2D eigenvalue weighted by Gasteiger charge is -1.93. The van der Waals surface area contributed by atoms with Crippen molar-refractivity contribution in [1.29, 1.82) is 5.26 Å². The molecule has 1 rings (SSSR count). The maximum Gasteiger partial charge on any atom is 0.409 e. The summed E-state index contributed by atoms with van der Waals surface area (Å²) >= 11 is 3.27. The molecule has 0 aliphatic rings. The van der Waals surface area contributed by atoms with Gasteiger partial charge in [0.25, 0.3) is 0 Å². The number of rotatable bonds is 1. The van der Waals surface area contributed by atoms with E-state index in [1.165, 1.54) is 11.3 Å². The van der Waals surface area contributed by atoms with Crippen molar-refractivity contribution in [3.63, 3.8) is 0 Å². The minimum atomic E-state index is -1.15. The standard InChI is InChI=1S/C6H3IN2O2S/c7-4-1-3(2-8)5(12-4)9-6(10)11/h1,9H,(H,10,11). The molecule has 0 aliphatic heterocycles. The average Bonchev–Trinajstić information content (AvgIpc) is 2.29. The largest absolute Gasteiger partial charge is 0.465 e. The summed E-state index contributed by atoms with van der Waals surface area (Å²) in [5, 5.41) is 19.5. The number of amides is 1. The van der Waals surface area contributed by atoms with Gasteiger partial charge in [-0.15, -0.1) is 11.3 Å². The Balaban J connectivity index is 2.99. The highest BCUT2D eigenvalue weighted by molar-refractivity contribution is 14.1. The number of carbonyl (C=O) groups is 1. The Morgan fingerprint density at radius 3 is 3.00 bits per heavy atom. The van der Waals surface area contributed by atoms with E-state index in [2.05, 4.69) is 5.32 Å². The predicted octanol–water partition coefficient (Wildman–Crippen LogP) is 2.31. The first-order chi connectivity index (χ1) is 5.63. The molecule has 0 radical (unpaired) electrons. The summed E-state index contributed by atoms with van der Waals surface area (Å²) in [6.07, 6.45) is -1.15. The summed E-state index contributed by atoms with van der Waals surface area (Å²) in [5.41, 5.74) is 0.367. The Kier molecular flexibility index (Phi) is 2.88. The number of thiophene rings is 1. The molecule has 0 aromatic carbocycles. The fourth-order valence-electron chi connectivity index (χ4n) is 0.634. The summed E-state index contributed by atoms with van der Waals surface area (Å²) < 4.78 is 0.882. The van der Waals surface area contributed by atoms with E-state index in [-0.39, 0.29) is 0 Å². The van der Waals surface area contributed by atoms with Gasteiger partial charge in [0.2, 0.25) is 0 Å². The number of nitriles is 1. The molecule has 12 heavy (non-hydrogen) atoms. The lowest BCUT2D eigenvalue weighted by molar-refractivity contribution is 0.210. The third-order valence-electron chi connectivity index (χ3n) is 1.04. The second kappa shape index (κ2) is 3.73. The van der Waals surface area contributed by atoms with Crippen molar-refractivity contribution in [3.05, 3.63) is 14.5 Å². The summed E-state index contributed by atoms with van der Waals surface area (Å²) in [4.78, 5) is 10.2. The van der Waals surface area contributed by atoms with E-state index in [1.54, 1.807) is 6.07 Å². The van der Waals surface area contributed by atoms with E-state index >= 15 is 0 Å². The SMILES string of the molecule is N#Cc1cc(I)sc1NC(=O)O. The number of carboxylic acid groups (broad SMARTS) is 1. The molecule has 6 heteroatoms. The number of halogens is 1. The molecule has 62 valence electrons. The lowest BCUT2D eigenvalue weighted by atomic mass is 10.3. The van der Waals surface area contributed by atoms with Crippen molar-refractivity contribution in [2.45, 2.75) is 0 Å². The molecule has 0 fully saturated rings. The maximum atomic E-state index is 10.2. The van der Waals surface area contributed by atoms with Crippen molar-refractivity contribution < 1.29 is 9.90 Å². The van der Waals surface area contributed by atoms with E-state index < -0.39 is 6.09 Å². The summed E-state index contributed by atoms with van der Waals surface area (Å²) in [6, 6.07) is 3.54. The van der Waals surface area contributed by atoms with Gasteiger partial charge in [0.05, 0.1) is 8.45 Å². The normalized spacial score (nSPS) is 9.00. The summed E-state index contributed by atoms with van der Waals surface area (Å²) in [6.45, 7) is 0. The van der Waals surface area contributed by atoms with Crippen molar-refractivity contribution >= 4 is 45.0 Å². The molecule has 4 nitrogen and oxygen atoms in total. The first-order valence-electron chi connectivity index (χ1n) is 2.83. The van der Waals surface area contributed by atoms with Gasteiger partial charge in [0, 0.05) is 0 Å². The summed E-state index contributed by atoms with van der Waals surface area (Å²) in [7, 11) is 0. The van der Waals surface area contributed by atoms with Crippen LogP contribution < -0.4 is 5.32 Å². The van der Waals surface area contributed by atoms with E-state index in [1.807, 2.05) is 28.7 Å². The monoisotopic (exact) mass is 294 g/mol. The van der Waals surface area contributed by atoms with E-state index in [9.17, 15) is 4.79 Å². The first kappa shape index (κ1) is 9.28. The van der Waals surface area contributed by atoms with Gasteiger partial charge in [-0.3, -0.25) is 5.32 Å². The zero-order chi connectivity index (χ0) is 9.14. The van der Waals surface area contributed by atoms with Crippen molar-refractivity contribution in [2.75, 3.05) is 5.32 Å². The fraction of sp³-hybridized carbons (Fsp3) is 0. The highest BCUT2D eigenvalue weighted by atomic mass is 127. The minimum Gasteiger partial charge on any atom is -0.465 e. The molecule has 1 amide bonds. The molecule has 0 unspecified atom stereocenters. The molecule has 1 aromatic rings. The van der Waals surface area contributed by atoms with Gasteiger partial charge in [-0.05, 0) is 28.7 Å². The average molecular weight is 294 g/mol. The van der Waals surface area contributed by atoms with Crippen molar-refractivity contribution in [1.82, 2.24) is 0 Å². The van der Waals surface area contributed by atoms with Crippen LogP contribution in [0, 0.1) is 14.2 Å². The van der Waals surface area contributed by atoms with Crippen LogP contribution in [-0.4, -0.2) is 11.2 Å². The van der Waals surface area contributed by atoms with Gasteiger partial charge in [-0.1, -0.05) is 0 Å². The van der Waals surface area contributed by atoms with Crippen LogP contribution in [0.25, 0.3) is 0 Å². The van der Waals surface area contributed by atoms with Crippen LogP contribution in [0.2, 0.25) is 0 Å². The second-order valence-electron chi connectivity index (χ2n) is 1.84. The number of nitrogens with zero attached hydrogens (tertiary/aromatic N) is 1. The molecule has 0 bridgehead atoms. The fourth-order valence-corrected chi connectivity index (χ4v) is 2.33. The Labute approximate surface area is 86.0 Å². The van der Waals surface area contributed by atoms with Crippen LogP contribution in [0.15, 0.2) is 6.07 Å². The highest BCUT2D eigenvalue weighted by Gasteiger charge is 2.08. The second-order valence-corrected chi connectivity index (χ2v) is 4.78. The highest BCUT2D eigenvalue weighted by Crippen LogP contribution is 2.28. The van der Waals surface area contributed by atoms with Crippen LogP contribution in [0.4, 0.5) is 9.80 Å². The number of nitrogens with one attached hydrogen (secondary N) is 1.